The van der Waals surface area contributed by atoms with Crippen molar-refractivity contribution in [1.82, 2.24) is 14.9 Å². The lowest BCUT2D eigenvalue weighted by Gasteiger charge is -2.05. The summed E-state index contributed by atoms with van der Waals surface area (Å²) in [4.78, 5) is 0. The Morgan fingerprint density at radius 1 is 1.27 bits per heavy atom. The van der Waals surface area contributed by atoms with Crippen molar-refractivity contribution < 1.29 is 4.74 Å². The Labute approximate surface area is 162 Å². The fourth-order valence-corrected chi connectivity index (χ4v) is 2.69. The molecule has 7 heteroatoms. The second kappa shape index (κ2) is 8.78. The average molecular weight is 387 g/mol. The van der Waals surface area contributed by atoms with Crippen molar-refractivity contribution in [1.29, 1.82) is 0 Å². The van der Waals surface area contributed by atoms with Gasteiger partial charge < -0.3 is 4.74 Å². The Morgan fingerprint density at radius 3 is 2.81 bits per heavy atom. The maximum atomic E-state index is 6.06. The summed E-state index contributed by atoms with van der Waals surface area (Å²) in [5.74, 6) is 1.46. The molecule has 0 saturated carbocycles. The van der Waals surface area contributed by atoms with Crippen molar-refractivity contribution in [3.05, 3.63) is 63.9 Å². The van der Waals surface area contributed by atoms with Crippen LogP contribution in [0.4, 0.5) is 0 Å². The number of H-pyrrole nitrogens is 1. The van der Waals surface area contributed by atoms with Gasteiger partial charge >= 0.3 is 0 Å². The number of hydrogen-bond acceptors (Lipinski definition) is 4. The predicted molar refractivity (Wildman–Crippen MR) is 108 cm³/mol. The quantitative estimate of drug-likeness (QED) is 0.339. The lowest BCUT2D eigenvalue weighted by atomic mass is 10.2. The highest BCUT2D eigenvalue weighted by Crippen LogP contribution is 2.21. The standard InChI is InChI=1S/C19H19ClN4OS/c1-2-3-11-25-17-9-7-14(8-10-17)13-21-24-18(22-23-19(24)26)15-5-4-6-16(20)12-15/h4-10,12-13H,2-3,11H2,1H3,(H,23,26)/b21-13-. The van der Waals surface area contributed by atoms with Gasteiger partial charge in [0.15, 0.2) is 5.82 Å². The van der Waals surface area contributed by atoms with Crippen molar-refractivity contribution in [2.24, 2.45) is 5.10 Å². The topological polar surface area (TPSA) is 55.2 Å². The van der Waals surface area contributed by atoms with Gasteiger partial charge in [-0.1, -0.05) is 37.1 Å². The van der Waals surface area contributed by atoms with Crippen molar-refractivity contribution >= 4 is 30.0 Å². The second-order valence-electron chi connectivity index (χ2n) is 5.69. The van der Waals surface area contributed by atoms with Gasteiger partial charge in [0.2, 0.25) is 4.77 Å². The molecule has 1 N–H and O–H groups in total. The van der Waals surface area contributed by atoms with Crippen molar-refractivity contribution in [3.63, 3.8) is 0 Å². The molecule has 0 aliphatic carbocycles. The number of benzene rings is 2. The molecule has 2 aromatic carbocycles. The number of nitrogens with zero attached hydrogens (tertiary/aromatic N) is 3. The highest BCUT2D eigenvalue weighted by Gasteiger charge is 2.08. The Morgan fingerprint density at radius 2 is 2.08 bits per heavy atom. The lowest BCUT2D eigenvalue weighted by Crippen LogP contribution is -1.97. The van der Waals surface area contributed by atoms with E-state index in [2.05, 4.69) is 22.2 Å². The molecule has 26 heavy (non-hydrogen) atoms. The zero-order chi connectivity index (χ0) is 18.4. The first-order valence-electron chi connectivity index (χ1n) is 8.38. The third-order valence-corrected chi connectivity index (χ3v) is 4.20. The molecule has 5 nitrogen and oxygen atoms in total. The molecule has 0 saturated heterocycles. The molecule has 0 aliphatic heterocycles. The van der Waals surface area contributed by atoms with E-state index in [-0.39, 0.29) is 0 Å². The number of rotatable bonds is 7. The summed E-state index contributed by atoms with van der Waals surface area (Å²) in [6.07, 6.45) is 3.90. The van der Waals surface area contributed by atoms with Crippen LogP contribution in [0, 0.1) is 4.77 Å². The third-order valence-electron chi connectivity index (χ3n) is 3.70. The van der Waals surface area contributed by atoms with E-state index < -0.39 is 0 Å². The highest BCUT2D eigenvalue weighted by molar-refractivity contribution is 7.71. The Balaban J connectivity index is 1.79. The summed E-state index contributed by atoms with van der Waals surface area (Å²) in [6.45, 7) is 2.87. The summed E-state index contributed by atoms with van der Waals surface area (Å²) >= 11 is 11.3. The number of ether oxygens (including phenoxy) is 1. The number of halogens is 1. The number of aromatic nitrogens is 3. The molecule has 3 aromatic rings. The molecule has 0 radical (unpaired) electrons. The van der Waals surface area contributed by atoms with E-state index in [1.54, 1.807) is 10.9 Å². The van der Waals surface area contributed by atoms with Gasteiger partial charge in [-0.05, 0) is 60.6 Å². The normalized spacial score (nSPS) is 11.2. The minimum Gasteiger partial charge on any atom is -0.494 e. The second-order valence-corrected chi connectivity index (χ2v) is 6.51. The summed E-state index contributed by atoms with van der Waals surface area (Å²) in [7, 11) is 0. The van der Waals surface area contributed by atoms with Gasteiger partial charge in [0.05, 0.1) is 12.8 Å². The maximum absolute atomic E-state index is 6.06. The van der Waals surface area contributed by atoms with Crippen molar-refractivity contribution in [2.45, 2.75) is 19.8 Å². The molecule has 0 spiro atoms. The molecule has 134 valence electrons. The van der Waals surface area contributed by atoms with Gasteiger partial charge in [-0.2, -0.15) is 14.9 Å². The van der Waals surface area contributed by atoms with E-state index in [0.29, 0.717) is 15.6 Å². The minimum absolute atomic E-state index is 0.413. The average Bonchev–Trinajstić information content (AvgIpc) is 3.02. The van der Waals surface area contributed by atoms with E-state index in [1.807, 2.05) is 48.5 Å². The predicted octanol–water partition coefficient (Wildman–Crippen LogP) is 5.32. The largest absolute Gasteiger partial charge is 0.494 e. The molecule has 0 atom stereocenters. The fraction of sp³-hybridized carbons (Fsp3) is 0.211. The van der Waals surface area contributed by atoms with Crippen LogP contribution in [0.25, 0.3) is 11.4 Å². The van der Waals surface area contributed by atoms with E-state index in [9.17, 15) is 0 Å². The van der Waals surface area contributed by atoms with E-state index >= 15 is 0 Å². The zero-order valence-corrected chi connectivity index (χ0v) is 15.9. The van der Waals surface area contributed by atoms with Crippen molar-refractivity contribution in [3.8, 4) is 17.1 Å². The summed E-state index contributed by atoms with van der Waals surface area (Å²) in [5.41, 5.74) is 1.77. The molecule has 0 aliphatic rings. The van der Waals surface area contributed by atoms with Gasteiger partial charge in [-0.25, -0.2) is 5.10 Å². The third kappa shape index (κ3) is 4.59. The molecule has 0 fully saturated rings. The van der Waals surface area contributed by atoms with Gasteiger partial charge in [-0.3, -0.25) is 0 Å². The summed E-state index contributed by atoms with van der Waals surface area (Å²) < 4.78 is 7.65. The van der Waals surface area contributed by atoms with Crippen LogP contribution in [-0.4, -0.2) is 27.7 Å². The monoisotopic (exact) mass is 386 g/mol. The van der Waals surface area contributed by atoms with Crippen LogP contribution >= 0.6 is 23.8 Å². The van der Waals surface area contributed by atoms with E-state index in [0.717, 1.165) is 36.3 Å². The van der Waals surface area contributed by atoms with Crippen LogP contribution < -0.4 is 4.74 Å². The van der Waals surface area contributed by atoms with Crippen LogP contribution in [0.15, 0.2) is 53.6 Å². The molecule has 3 rings (SSSR count). The summed E-state index contributed by atoms with van der Waals surface area (Å²) in [6, 6.07) is 15.2. The fourth-order valence-electron chi connectivity index (χ4n) is 2.32. The zero-order valence-electron chi connectivity index (χ0n) is 14.4. The van der Waals surface area contributed by atoms with E-state index in [1.165, 1.54) is 0 Å². The molecule has 1 heterocycles. The first-order valence-corrected chi connectivity index (χ1v) is 9.16. The molecular formula is C19H19ClN4OS. The van der Waals surface area contributed by atoms with E-state index in [4.69, 9.17) is 28.6 Å². The van der Waals surface area contributed by atoms with Crippen LogP contribution in [0.2, 0.25) is 5.02 Å². The minimum atomic E-state index is 0.413. The van der Waals surface area contributed by atoms with Gasteiger partial charge in [-0.15, -0.1) is 0 Å². The Bertz CT molecular complexity index is 947. The van der Waals surface area contributed by atoms with Crippen LogP contribution in [0.3, 0.4) is 0 Å². The Kier molecular flexibility index (Phi) is 6.20. The smallest absolute Gasteiger partial charge is 0.216 e. The van der Waals surface area contributed by atoms with Crippen LogP contribution in [0.1, 0.15) is 25.3 Å². The van der Waals surface area contributed by atoms with Crippen molar-refractivity contribution in [2.75, 3.05) is 6.61 Å². The molecule has 0 unspecified atom stereocenters. The highest BCUT2D eigenvalue weighted by atomic mass is 35.5. The number of unbranched alkanes of at least 4 members (excludes halogenated alkanes) is 1. The summed E-state index contributed by atoms with van der Waals surface area (Å²) in [5, 5.41) is 12.1. The molecule has 1 aromatic heterocycles. The molecular weight excluding hydrogens is 368 g/mol. The van der Waals surface area contributed by atoms with Crippen LogP contribution in [-0.2, 0) is 0 Å². The number of aromatic amines is 1. The van der Waals surface area contributed by atoms with Gasteiger partial charge in [0.25, 0.3) is 0 Å². The number of hydrogen-bond donors (Lipinski definition) is 1. The van der Waals surface area contributed by atoms with Gasteiger partial charge in [0.1, 0.15) is 5.75 Å². The number of nitrogens with one attached hydrogen (secondary N) is 1. The molecule has 0 bridgehead atoms. The SMILES string of the molecule is CCCCOc1ccc(/C=N\n2c(-c3cccc(Cl)c3)n[nH]c2=S)cc1. The first kappa shape index (κ1) is 18.4. The Hall–Kier alpha value is -2.44. The van der Waals surface area contributed by atoms with Crippen LogP contribution in [0.5, 0.6) is 5.75 Å². The first-order chi connectivity index (χ1) is 12.7. The van der Waals surface area contributed by atoms with Gasteiger partial charge in [0, 0.05) is 10.6 Å². The molecule has 0 amide bonds. The maximum Gasteiger partial charge on any atom is 0.216 e. The lowest BCUT2D eigenvalue weighted by molar-refractivity contribution is 0.309.